The third-order valence-corrected chi connectivity index (χ3v) is 4.93. The molecule has 2 N–H and O–H groups in total. The van der Waals surface area contributed by atoms with Crippen LogP contribution in [0.4, 0.5) is 0 Å². The van der Waals surface area contributed by atoms with Crippen LogP contribution in [-0.4, -0.2) is 40.9 Å². The molecule has 0 aliphatic carbocycles. The molecule has 0 saturated heterocycles. The molecule has 0 bridgehead atoms. The van der Waals surface area contributed by atoms with Crippen molar-refractivity contribution in [3.05, 3.63) is 71.4 Å². The van der Waals surface area contributed by atoms with Crippen molar-refractivity contribution in [3.8, 4) is 17.4 Å². The van der Waals surface area contributed by atoms with Gasteiger partial charge in [0.1, 0.15) is 0 Å². The SMILES string of the molecule is COc1cccc(/C=N/NC(=O)COc2cc(C)nc(SCc3ccccc3)n2)c1O. The molecule has 0 fully saturated rings. The Kier molecular flexibility index (Phi) is 7.83. The standard InChI is InChI=1S/C22H22N4O4S/c1-15-11-20(25-22(24-15)31-14-16-7-4-3-5-8-16)30-13-19(27)26-23-12-17-9-6-10-18(29-2)21(17)28/h3-12,28H,13-14H2,1-2H3,(H,26,27)/b23-12+. The van der Waals surface area contributed by atoms with Crippen molar-refractivity contribution < 1.29 is 19.4 Å². The monoisotopic (exact) mass is 438 g/mol. The van der Waals surface area contributed by atoms with E-state index in [1.165, 1.54) is 30.6 Å². The Labute approximate surface area is 184 Å². The highest BCUT2D eigenvalue weighted by Crippen LogP contribution is 2.28. The molecule has 31 heavy (non-hydrogen) atoms. The van der Waals surface area contributed by atoms with E-state index in [4.69, 9.17) is 9.47 Å². The van der Waals surface area contributed by atoms with Crippen molar-refractivity contribution in [1.82, 2.24) is 15.4 Å². The molecule has 0 aliphatic heterocycles. The molecule has 0 atom stereocenters. The lowest BCUT2D eigenvalue weighted by Crippen LogP contribution is -2.25. The molecule has 0 saturated carbocycles. The minimum Gasteiger partial charge on any atom is -0.504 e. The van der Waals surface area contributed by atoms with Crippen molar-refractivity contribution in [2.45, 2.75) is 17.8 Å². The third-order valence-electron chi connectivity index (χ3n) is 4.02. The molecule has 1 amide bonds. The van der Waals surface area contributed by atoms with E-state index in [1.807, 2.05) is 37.3 Å². The van der Waals surface area contributed by atoms with Gasteiger partial charge in [0.15, 0.2) is 23.3 Å². The summed E-state index contributed by atoms with van der Waals surface area (Å²) in [5, 5.41) is 14.4. The first kappa shape index (κ1) is 22.1. The predicted molar refractivity (Wildman–Crippen MR) is 119 cm³/mol. The van der Waals surface area contributed by atoms with Crippen LogP contribution < -0.4 is 14.9 Å². The van der Waals surface area contributed by atoms with E-state index in [1.54, 1.807) is 24.3 Å². The number of nitrogens with zero attached hydrogens (tertiary/aromatic N) is 3. The first-order valence-corrected chi connectivity index (χ1v) is 10.4. The van der Waals surface area contributed by atoms with Gasteiger partial charge in [0.05, 0.1) is 13.3 Å². The lowest BCUT2D eigenvalue weighted by atomic mass is 10.2. The Morgan fingerprint density at radius 2 is 2.00 bits per heavy atom. The molecule has 1 heterocycles. The van der Waals surface area contributed by atoms with E-state index in [9.17, 15) is 9.90 Å². The van der Waals surface area contributed by atoms with Gasteiger partial charge in [-0.3, -0.25) is 4.79 Å². The third kappa shape index (κ3) is 6.71. The summed E-state index contributed by atoms with van der Waals surface area (Å²) >= 11 is 1.49. The fourth-order valence-electron chi connectivity index (χ4n) is 2.53. The fraction of sp³-hybridized carbons (Fsp3) is 0.182. The van der Waals surface area contributed by atoms with Crippen LogP contribution in [0, 0.1) is 6.92 Å². The summed E-state index contributed by atoms with van der Waals surface area (Å²) in [6.07, 6.45) is 1.32. The number of aromatic hydroxyl groups is 1. The molecule has 3 aromatic rings. The maximum Gasteiger partial charge on any atom is 0.278 e. The number of hydrazone groups is 1. The van der Waals surface area contributed by atoms with Crippen molar-refractivity contribution in [3.63, 3.8) is 0 Å². The lowest BCUT2D eigenvalue weighted by molar-refractivity contribution is -0.123. The second-order valence-electron chi connectivity index (χ2n) is 6.38. The van der Waals surface area contributed by atoms with Crippen LogP contribution in [0.15, 0.2) is 64.9 Å². The number of nitrogens with one attached hydrogen (secondary N) is 1. The van der Waals surface area contributed by atoms with Gasteiger partial charge in [-0.2, -0.15) is 10.1 Å². The number of aryl methyl sites for hydroxylation is 1. The quantitative estimate of drug-likeness (QED) is 0.228. The maximum atomic E-state index is 12.0. The number of carbonyl (C=O) groups excluding carboxylic acids is 1. The van der Waals surface area contributed by atoms with E-state index >= 15 is 0 Å². The number of benzene rings is 2. The van der Waals surface area contributed by atoms with Gasteiger partial charge in [0, 0.05) is 23.1 Å². The Bertz CT molecular complexity index is 1060. The minimum absolute atomic E-state index is 0.0590. The van der Waals surface area contributed by atoms with E-state index in [0.717, 1.165) is 11.4 Å². The fourth-order valence-corrected chi connectivity index (χ4v) is 3.38. The van der Waals surface area contributed by atoms with Crippen LogP contribution in [0.3, 0.4) is 0 Å². The van der Waals surface area contributed by atoms with Gasteiger partial charge < -0.3 is 14.6 Å². The molecule has 0 radical (unpaired) electrons. The minimum atomic E-state index is -0.464. The Morgan fingerprint density at radius 3 is 2.77 bits per heavy atom. The summed E-state index contributed by atoms with van der Waals surface area (Å²) in [4.78, 5) is 20.7. The Morgan fingerprint density at radius 1 is 1.19 bits per heavy atom. The van der Waals surface area contributed by atoms with Crippen LogP contribution in [0.25, 0.3) is 0 Å². The van der Waals surface area contributed by atoms with Gasteiger partial charge in [-0.25, -0.2) is 10.4 Å². The molecule has 0 spiro atoms. The van der Waals surface area contributed by atoms with Gasteiger partial charge in [-0.05, 0) is 24.6 Å². The summed E-state index contributed by atoms with van der Waals surface area (Å²) < 4.78 is 10.5. The highest BCUT2D eigenvalue weighted by molar-refractivity contribution is 7.98. The topological polar surface area (TPSA) is 106 Å². The highest BCUT2D eigenvalue weighted by Gasteiger charge is 2.08. The van der Waals surface area contributed by atoms with Crippen LogP contribution in [-0.2, 0) is 10.5 Å². The number of methoxy groups -OCH3 is 1. The molecule has 1 aromatic heterocycles. The Hall–Kier alpha value is -3.59. The predicted octanol–water partition coefficient (Wildman–Crippen LogP) is 3.32. The number of phenols is 1. The van der Waals surface area contributed by atoms with Crippen LogP contribution in [0.2, 0.25) is 0 Å². The van der Waals surface area contributed by atoms with Crippen LogP contribution in [0.5, 0.6) is 17.4 Å². The van der Waals surface area contributed by atoms with E-state index in [-0.39, 0.29) is 12.4 Å². The van der Waals surface area contributed by atoms with Gasteiger partial charge in [0.25, 0.3) is 5.91 Å². The van der Waals surface area contributed by atoms with Gasteiger partial charge in [-0.1, -0.05) is 48.2 Å². The molecule has 8 nitrogen and oxygen atoms in total. The molecule has 3 rings (SSSR count). The molecule has 0 aliphatic rings. The number of rotatable bonds is 9. The summed E-state index contributed by atoms with van der Waals surface area (Å²) in [7, 11) is 1.45. The number of thioether (sulfide) groups is 1. The Balaban J connectivity index is 1.52. The molecular weight excluding hydrogens is 416 g/mol. The normalized spacial score (nSPS) is 10.8. The molecule has 160 valence electrons. The zero-order valence-electron chi connectivity index (χ0n) is 17.1. The van der Waals surface area contributed by atoms with Crippen molar-refractivity contribution in [1.29, 1.82) is 0 Å². The number of para-hydroxylation sites is 1. The van der Waals surface area contributed by atoms with E-state index in [2.05, 4.69) is 20.5 Å². The van der Waals surface area contributed by atoms with Crippen molar-refractivity contribution >= 4 is 23.9 Å². The molecular formula is C22H22N4O4S. The molecule has 9 heteroatoms. The van der Waals surface area contributed by atoms with Gasteiger partial charge in [0.2, 0.25) is 5.88 Å². The summed E-state index contributed by atoms with van der Waals surface area (Å²) in [6.45, 7) is 1.58. The zero-order chi connectivity index (χ0) is 22.1. The number of hydrogen-bond acceptors (Lipinski definition) is 8. The summed E-state index contributed by atoms with van der Waals surface area (Å²) in [5.41, 5.74) is 4.67. The number of amides is 1. The smallest absolute Gasteiger partial charge is 0.278 e. The van der Waals surface area contributed by atoms with Crippen molar-refractivity contribution in [2.75, 3.05) is 13.7 Å². The average Bonchev–Trinajstić information content (AvgIpc) is 2.78. The first-order chi connectivity index (χ1) is 15.0. The first-order valence-electron chi connectivity index (χ1n) is 9.38. The maximum absolute atomic E-state index is 12.0. The summed E-state index contributed by atoms with van der Waals surface area (Å²) in [6, 6.07) is 16.6. The largest absolute Gasteiger partial charge is 0.504 e. The highest BCUT2D eigenvalue weighted by atomic mass is 32.2. The van der Waals surface area contributed by atoms with Gasteiger partial charge >= 0.3 is 0 Å². The second-order valence-corrected chi connectivity index (χ2v) is 7.33. The lowest BCUT2D eigenvalue weighted by Gasteiger charge is -2.07. The average molecular weight is 439 g/mol. The summed E-state index contributed by atoms with van der Waals surface area (Å²) in [5.74, 6) is 0.840. The number of ether oxygens (including phenoxy) is 2. The van der Waals surface area contributed by atoms with Crippen LogP contribution in [0.1, 0.15) is 16.8 Å². The van der Waals surface area contributed by atoms with Gasteiger partial charge in [-0.15, -0.1) is 0 Å². The van der Waals surface area contributed by atoms with Crippen LogP contribution >= 0.6 is 11.8 Å². The number of aromatic nitrogens is 2. The second kappa shape index (κ2) is 11.0. The van der Waals surface area contributed by atoms with Crippen molar-refractivity contribution in [2.24, 2.45) is 5.10 Å². The number of carbonyl (C=O) groups is 1. The molecule has 0 unspecified atom stereocenters. The number of phenolic OH excluding ortho intramolecular Hbond substituents is 1. The van der Waals surface area contributed by atoms with E-state index in [0.29, 0.717) is 22.3 Å². The zero-order valence-corrected chi connectivity index (χ0v) is 17.9. The van der Waals surface area contributed by atoms with E-state index < -0.39 is 5.91 Å². The molecule has 2 aromatic carbocycles. The number of hydrogen-bond donors (Lipinski definition) is 2.